The first-order valence-electron chi connectivity index (χ1n) is 6.87. The van der Waals surface area contributed by atoms with Crippen molar-refractivity contribution >= 4 is 12.4 Å². The van der Waals surface area contributed by atoms with Gasteiger partial charge < -0.3 is 9.64 Å². The summed E-state index contributed by atoms with van der Waals surface area (Å²) in [5, 5.41) is 2.61. The van der Waals surface area contributed by atoms with Crippen molar-refractivity contribution < 1.29 is 14.3 Å². The van der Waals surface area contributed by atoms with E-state index in [4.69, 9.17) is 0 Å². The van der Waals surface area contributed by atoms with Crippen LogP contribution in [-0.2, 0) is 9.53 Å². The third kappa shape index (κ3) is 4.18. The van der Waals surface area contributed by atoms with E-state index in [1.54, 1.807) is 0 Å². The zero-order valence-corrected chi connectivity index (χ0v) is 11.7. The van der Waals surface area contributed by atoms with E-state index in [2.05, 4.69) is 33.0 Å². The lowest BCUT2D eigenvalue weighted by Gasteiger charge is -2.37. The van der Waals surface area contributed by atoms with E-state index in [1.807, 2.05) is 12.2 Å². The molecule has 0 spiro atoms. The number of carbonyl (C=O) groups is 2. The highest BCUT2D eigenvalue weighted by Gasteiger charge is 2.21. The van der Waals surface area contributed by atoms with Crippen LogP contribution in [0, 0.1) is 0 Å². The van der Waals surface area contributed by atoms with E-state index in [-0.39, 0.29) is 6.61 Å². The highest BCUT2D eigenvalue weighted by molar-refractivity contribution is 5.72. The maximum atomic E-state index is 11.3. The van der Waals surface area contributed by atoms with Gasteiger partial charge in [-0.15, -0.1) is 0 Å². The van der Waals surface area contributed by atoms with Crippen molar-refractivity contribution in [1.29, 1.82) is 0 Å². The Bertz CT molecular complexity index is 412. The summed E-state index contributed by atoms with van der Waals surface area (Å²) in [4.78, 5) is 26.2. The number of nitrogens with one attached hydrogen (secondary N) is 1. The zero-order valence-electron chi connectivity index (χ0n) is 11.7. The van der Waals surface area contributed by atoms with Crippen molar-refractivity contribution in [2.24, 2.45) is 0 Å². The summed E-state index contributed by atoms with van der Waals surface area (Å²) in [6.45, 7) is 4.12. The largest absolute Gasteiger partial charge is 0.442 e. The third-order valence-corrected chi connectivity index (χ3v) is 3.61. The fourth-order valence-electron chi connectivity index (χ4n) is 2.39. The number of allylic oxidation sites excluding steroid dienone is 1. The average molecular weight is 279 g/mol. The van der Waals surface area contributed by atoms with Gasteiger partial charge in [0.1, 0.15) is 6.61 Å². The Hall–Kier alpha value is -1.66. The Morgan fingerprint density at radius 2 is 2.20 bits per heavy atom. The molecule has 1 heterocycles. The fraction of sp³-hybridized carbons (Fsp3) is 0.571. The maximum absolute atomic E-state index is 11.3. The standard InChI is InChI=1S/C14H21N3O3/c1-16-6-8-17(9-7-16)13-4-2-12(3-5-13)15-14(19)20-11-10-18/h2-4,10,13H,5-9,11H2,1H3,(H,15,19). The Labute approximate surface area is 119 Å². The van der Waals surface area contributed by atoms with Crippen LogP contribution >= 0.6 is 0 Å². The highest BCUT2D eigenvalue weighted by Crippen LogP contribution is 2.16. The monoisotopic (exact) mass is 279 g/mol. The molecule has 1 N–H and O–H groups in total. The van der Waals surface area contributed by atoms with Gasteiger partial charge >= 0.3 is 6.09 Å². The Morgan fingerprint density at radius 3 is 2.80 bits per heavy atom. The van der Waals surface area contributed by atoms with Gasteiger partial charge in [-0.3, -0.25) is 15.0 Å². The molecule has 1 fully saturated rings. The average Bonchev–Trinajstić information content (AvgIpc) is 2.47. The zero-order chi connectivity index (χ0) is 14.4. The second kappa shape index (κ2) is 7.21. The lowest BCUT2D eigenvalue weighted by Crippen LogP contribution is -2.48. The number of alkyl carbamates (subject to hydrolysis) is 1. The smallest absolute Gasteiger partial charge is 0.412 e. The number of aldehydes is 1. The van der Waals surface area contributed by atoms with Crippen LogP contribution in [0.4, 0.5) is 4.79 Å². The summed E-state index contributed by atoms with van der Waals surface area (Å²) >= 11 is 0. The van der Waals surface area contributed by atoms with Gasteiger partial charge in [-0.2, -0.15) is 0 Å². The minimum atomic E-state index is -0.592. The predicted molar refractivity (Wildman–Crippen MR) is 75.2 cm³/mol. The van der Waals surface area contributed by atoms with Crippen LogP contribution in [0.25, 0.3) is 0 Å². The fourth-order valence-corrected chi connectivity index (χ4v) is 2.39. The molecule has 0 radical (unpaired) electrons. The highest BCUT2D eigenvalue weighted by atomic mass is 16.5. The molecular weight excluding hydrogens is 258 g/mol. The molecule has 6 nitrogen and oxygen atoms in total. The van der Waals surface area contributed by atoms with E-state index in [0.717, 1.165) is 38.3 Å². The summed E-state index contributed by atoms with van der Waals surface area (Å²) in [5.41, 5.74) is 0.728. The van der Waals surface area contributed by atoms with Crippen LogP contribution in [0.2, 0.25) is 0 Å². The summed E-state index contributed by atoms with van der Waals surface area (Å²) in [6, 6.07) is 0.403. The number of hydrogen-bond acceptors (Lipinski definition) is 5. The lowest BCUT2D eigenvalue weighted by molar-refractivity contribution is -0.110. The second-order valence-electron chi connectivity index (χ2n) is 5.05. The number of ether oxygens (including phenoxy) is 1. The Balaban J connectivity index is 1.77. The first-order valence-corrected chi connectivity index (χ1v) is 6.87. The molecule has 6 heteroatoms. The first-order chi connectivity index (χ1) is 9.69. The lowest BCUT2D eigenvalue weighted by atomic mass is 10.0. The number of nitrogens with zero attached hydrogens (tertiary/aromatic N) is 2. The van der Waals surface area contributed by atoms with Crippen molar-refractivity contribution in [3.63, 3.8) is 0 Å². The van der Waals surface area contributed by atoms with Crippen LogP contribution in [-0.4, -0.2) is 68.1 Å². The van der Waals surface area contributed by atoms with Crippen LogP contribution in [0.5, 0.6) is 0 Å². The predicted octanol–water partition coefficient (Wildman–Crippen LogP) is 0.371. The molecule has 0 aromatic carbocycles. The molecule has 0 aromatic heterocycles. The van der Waals surface area contributed by atoms with Gasteiger partial charge in [0, 0.05) is 37.9 Å². The van der Waals surface area contributed by atoms with Gasteiger partial charge in [0.15, 0.2) is 6.29 Å². The molecule has 1 saturated heterocycles. The van der Waals surface area contributed by atoms with Gasteiger partial charge in [0.05, 0.1) is 0 Å². The molecule has 0 saturated carbocycles. The van der Waals surface area contributed by atoms with Crippen LogP contribution in [0.15, 0.2) is 23.9 Å². The number of hydrogen-bond donors (Lipinski definition) is 1. The van der Waals surface area contributed by atoms with Crippen molar-refractivity contribution in [3.05, 3.63) is 23.9 Å². The molecule has 110 valence electrons. The number of rotatable bonds is 4. The van der Waals surface area contributed by atoms with Crippen LogP contribution < -0.4 is 5.32 Å². The summed E-state index contributed by atoms with van der Waals surface area (Å²) in [5.74, 6) is 0. The van der Waals surface area contributed by atoms with Crippen molar-refractivity contribution in [1.82, 2.24) is 15.1 Å². The second-order valence-corrected chi connectivity index (χ2v) is 5.05. The number of piperazine rings is 1. The summed E-state index contributed by atoms with van der Waals surface area (Å²) in [7, 11) is 2.14. The van der Waals surface area contributed by atoms with Crippen molar-refractivity contribution in [3.8, 4) is 0 Å². The number of likely N-dealkylation sites (N-methyl/N-ethyl adjacent to an activating group) is 1. The number of amides is 1. The summed E-state index contributed by atoms with van der Waals surface area (Å²) < 4.78 is 4.64. The molecule has 2 aliphatic rings. The van der Waals surface area contributed by atoms with Gasteiger partial charge in [0.25, 0.3) is 0 Å². The normalized spacial score (nSPS) is 24.1. The van der Waals surface area contributed by atoms with E-state index in [9.17, 15) is 9.59 Å². The molecule has 1 atom stereocenters. The topological polar surface area (TPSA) is 61.9 Å². The third-order valence-electron chi connectivity index (χ3n) is 3.61. The van der Waals surface area contributed by atoms with Gasteiger partial charge in [-0.1, -0.05) is 12.2 Å². The molecule has 1 unspecified atom stereocenters. The van der Waals surface area contributed by atoms with Gasteiger partial charge in [-0.25, -0.2) is 4.79 Å². The minimum absolute atomic E-state index is 0.216. The van der Waals surface area contributed by atoms with Gasteiger partial charge in [0.2, 0.25) is 0 Å². The molecule has 1 aliphatic heterocycles. The van der Waals surface area contributed by atoms with Crippen LogP contribution in [0.3, 0.4) is 0 Å². The quantitative estimate of drug-likeness (QED) is 0.753. The van der Waals surface area contributed by atoms with E-state index < -0.39 is 6.09 Å². The molecule has 20 heavy (non-hydrogen) atoms. The Kier molecular flexibility index (Phi) is 5.31. The molecule has 1 aliphatic carbocycles. The van der Waals surface area contributed by atoms with Crippen molar-refractivity contribution in [2.75, 3.05) is 39.8 Å². The Morgan fingerprint density at radius 1 is 1.45 bits per heavy atom. The minimum Gasteiger partial charge on any atom is -0.442 e. The first kappa shape index (κ1) is 14.7. The maximum Gasteiger partial charge on any atom is 0.412 e. The molecule has 0 bridgehead atoms. The summed E-state index contributed by atoms with van der Waals surface area (Å²) in [6.07, 6.45) is 6.84. The van der Waals surface area contributed by atoms with Gasteiger partial charge in [-0.05, 0) is 19.5 Å². The van der Waals surface area contributed by atoms with E-state index >= 15 is 0 Å². The SMILES string of the molecule is CN1CCN(C2C=CC(NC(=O)OCC=O)=CC2)CC1. The molecule has 2 rings (SSSR count). The van der Waals surface area contributed by atoms with Crippen LogP contribution in [0.1, 0.15) is 6.42 Å². The van der Waals surface area contributed by atoms with Crippen molar-refractivity contribution in [2.45, 2.75) is 12.5 Å². The number of carbonyl (C=O) groups excluding carboxylic acids is 2. The molecular formula is C14H21N3O3. The molecule has 0 aromatic rings. The molecule has 1 amide bonds. The van der Waals surface area contributed by atoms with E-state index in [0.29, 0.717) is 12.3 Å². The van der Waals surface area contributed by atoms with E-state index in [1.165, 1.54) is 0 Å².